The fourth-order valence-corrected chi connectivity index (χ4v) is 4.94. The summed E-state index contributed by atoms with van der Waals surface area (Å²) in [5, 5.41) is 0. The molecule has 0 N–H and O–H groups in total. The summed E-state index contributed by atoms with van der Waals surface area (Å²) in [5.41, 5.74) is 5.70. The highest BCUT2D eigenvalue weighted by atomic mass is 16.5. The molecule has 1 amide bonds. The Morgan fingerprint density at radius 1 is 1.03 bits per heavy atom. The number of ether oxygens (including phenoxy) is 2. The molecule has 2 atom stereocenters. The molecule has 2 aromatic rings. The molecule has 2 aliphatic rings. The van der Waals surface area contributed by atoms with E-state index in [1.807, 2.05) is 43.3 Å². The molecule has 1 heterocycles. The van der Waals surface area contributed by atoms with Crippen LogP contribution in [0.3, 0.4) is 0 Å². The van der Waals surface area contributed by atoms with Crippen LogP contribution in [0.5, 0.6) is 0 Å². The number of amides is 1. The van der Waals surface area contributed by atoms with E-state index in [2.05, 4.69) is 12.1 Å². The van der Waals surface area contributed by atoms with E-state index in [9.17, 15) is 14.4 Å². The van der Waals surface area contributed by atoms with Crippen molar-refractivity contribution in [2.45, 2.75) is 24.9 Å². The van der Waals surface area contributed by atoms with Gasteiger partial charge < -0.3 is 19.3 Å². The van der Waals surface area contributed by atoms with Gasteiger partial charge in [-0.2, -0.15) is 0 Å². The molecule has 1 aliphatic heterocycles. The molecule has 0 fully saturated rings. The van der Waals surface area contributed by atoms with Gasteiger partial charge in [0.1, 0.15) is 6.04 Å². The molecule has 2 aromatic carbocycles. The summed E-state index contributed by atoms with van der Waals surface area (Å²) in [5.74, 6) is -1.14. The van der Waals surface area contributed by atoms with Gasteiger partial charge in [0.05, 0.1) is 25.8 Å². The number of hydrogen-bond donors (Lipinski definition) is 0. The predicted octanol–water partition coefficient (Wildman–Crippen LogP) is 3.42. The summed E-state index contributed by atoms with van der Waals surface area (Å²) >= 11 is 0. The minimum atomic E-state index is -0.772. The van der Waals surface area contributed by atoms with Gasteiger partial charge in [0.25, 0.3) is 0 Å². The highest BCUT2D eigenvalue weighted by Crippen LogP contribution is 2.49. The molecular formula is C28H30N2O5. The second-order valence-corrected chi connectivity index (χ2v) is 9.01. The van der Waals surface area contributed by atoms with Crippen molar-refractivity contribution in [3.05, 3.63) is 88.5 Å². The molecule has 182 valence electrons. The number of rotatable bonds is 6. The first-order valence-electron chi connectivity index (χ1n) is 11.6. The van der Waals surface area contributed by atoms with Crippen LogP contribution in [0.2, 0.25) is 0 Å². The first kappa shape index (κ1) is 24.4. The normalized spacial score (nSPS) is 19.1. The smallest absolute Gasteiger partial charge is 0.337 e. The molecule has 0 bridgehead atoms. The van der Waals surface area contributed by atoms with E-state index in [4.69, 9.17) is 9.47 Å². The molecule has 0 saturated heterocycles. The lowest BCUT2D eigenvalue weighted by molar-refractivity contribution is -0.153. The highest BCUT2D eigenvalue weighted by molar-refractivity contribution is 5.96. The van der Waals surface area contributed by atoms with Crippen molar-refractivity contribution in [1.82, 2.24) is 9.80 Å². The van der Waals surface area contributed by atoms with Gasteiger partial charge in [-0.05, 0) is 60.5 Å². The third kappa shape index (κ3) is 4.77. The van der Waals surface area contributed by atoms with Crippen LogP contribution < -0.4 is 0 Å². The minimum Gasteiger partial charge on any atom is -0.467 e. The maximum absolute atomic E-state index is 13.6. The number of hydrogen-bond acceptors (Lipinski definition) is 6. The Balaban J connectivity index is 1.84. The molecule has 0 radical (unpaired) electrons. The molecule has 35 heavy (non-hydrogen) atoms. The fourth-order valence-electron chi connectivity index (χ4n) is 4.94. The maximum atomic E-state index is 13.6. The Morgan fingerprint density at radius 3 is 2.40 bits per heavy atom. The van der Waals surface area contributed by atoms with Gasteiger partial charge in [-0.1, -0.05) is 42.5 Å². The SMILES string of the molecule is COC(=O)c1ccc([C@H]2C3=C(C[C@H](C(=O)OC)N2C(=O)/C=C/CN(C)C)c2ccccc2C3)cc1. The van der Waals surface area contributed by atoms with Crippen molar-refractivity contribution in [2.75, 3.05) is 34.9 Å². The molecule has 0 unspecified atom stereocenters. The Hall–Kier alpha value is -3.71. The second-order valence-electron chi connectivity index (χ2n) is 9.01. The lowest BCUT2D eigenvalue weighted by Crippen LogP contribution is -2.50. The third-order valence-corrected chi connectivity index (χ3v) is 6.56. The number of likely N-dealkylation sites (N-methyl/N-ethyl adjacent to an activating group) is 1. The first-order chi connectivity index (χ1) is 16.8. The number of carbonyl (C=O) groups is 3. The van der Waals surface area contributed by atoms with Crippen LogP contribution in [0, 0.1) is 0 Å². The molecule has 1 aliphatic carbocycles. The summed E-state index contributed by atoms with van der Waals surface area (Å²) in [6.07, 6.45) is 4.40. The standard InChI is InChI=1S/C28H30N2O5/c1-29(2)15-7-10-25(31)30-24(28(33)35-4)17-22-21-9-6-5-8-20(21)16-23(22)26(30)18-11-13-19(14-12-18)27(32)34-3/h5-14,24,26H,15-17H2,1-4H3/b10-7+/t24-,26+/m1/s1. The van der Waals surface area contributed by atoms with E-state index in [0.29, 0.717) is 24.9 Å². The molecule has 0 aromatic heterocycles. The van der Waals surface area contributed by atoms with Crippen molar-refractivity contribution < 1.29 is 23.9 Å². The van der Waals surface area contributed by atoms with Crippen molar-refractivity contribution in [2.24, 2.45) is 0 Å². The number of fused-ring (bicyclic) bond motifs is 2. The van der Waals surface area contributed by atoms with E-state index >= 15 is 0 Å². The predicted molar refractivity (Wildman–Crippen MR) is 133 cm³/mol. The van der Waals surface area contributed by atoms with E-state index in [1.165, 1.54) is 25.9 Å². The van der Waals surface area contributed by atoms with Crippen LogP contribution in [0.25, 0.3) is 5.57 Å². The highest BCUT2D eigenvalue weighted by Gasteiger charge is 2.45. The summed E-state index contributed by atoms with van der Waals surface area (Å²) in [7, 11) is 6.53. The maximum Gasteiger partial charge on any atom is 0.337 e. The summed E-state index contributed by atoms with van der Waals surface area (Å²) in [6.45, 7) is 0.598. The first-order valence-corrected chi connectivity index (χ1v) is 11.6. The van der Waals surface area contributed by atoms with Crippen LogP contribution >= 0.6 is 0 Å². The zero-order valence-electron chi connectivity index (χ0n) is 20.5. The van der Waals surface area contributed by atoms with Crippen molar-refractivity contribution in [3.8, 4) is 0 Å². The quantitative estimate of drug-likeness (QED) is 0.472. The van der Waals surface area contributed by atoms with Crippen molar-refractivity contribution >= 4 is 23.4 Å². The lowest BCUT2D eigenvalue weighted by atomic mass is 9.84. The van der Waals surface area contributed by atoms with Gasteiger partial charge in [0, 0.05) is 19.0 Å². The molecule has 0 saturated carbocycles. The van der Waals surface area contributed by atoms with Crippen molar-refractivity contribution in [3.63, 3.8) is 0 Å². The Bertz CT molecular complexity index is 1200. The van der Waals surface area contributed by atoms with Gasteiger partial charge in [-0.25, -0.2) is 9.59 Å². The van der Waals surface area contributed by atoms with Crippen LogP contribution in [0.1, 0.15) is 39.5 Å². The fraction of sp³-hybridized carbons (Fsp3) is 0.321. The summed E-state index contributed by atoms with van der Waals surface area (Å²) in [6, 6.07) is 13.9. The van der Waals surface area contributed by atoms with Gasteiger partial charge in [0.15, 0.2) is 0 Å². The molecule has 4 rings (SSSR count). The zero-order valence-corrected chi connectivity index (χ0v) is 20.5. The third-order valence-electron chi connectivity index (χ3n) is 6.56. The van der Waals surface area contributed by atoms with E-state index < -0.39 is 24.0 Å². The van der Waals surface area contributed by atoms with Crippen molar-refractivity contribution in [1.29, 1.82) is 0 Å². The van der Waals surface area contributed by atoms with Crippen LogP contribution in [0.15, 0.2) is 66.3 Å². The van der Waals surface area contributed by atoms with E-state index in [1.54, 1.807) is 23.1 Å². The summed E-state index contributed by atoms with van der Waals surface area (Å²) < 4.78 is 9.98. The van der Waals surface area contributed by atoms with Gasteiger partial charge >= 0.3 is 11.9 Å². The van der Waals surface area contributed by atoms with Crippen LogP contribution in [-0.4, -0.2) is 68.5 Å². The molecule has 7 nitrogen and oxygen atoms in total. The Labute approximate surface area is 205 Å². The number of benzene rings is 2. The largest absolute Gasteiger partial charge is 0.467 e. The van der Waals surface area contributed by atoms with Crippen LogP contribution in [-0.2, 0) is 25.5 Å². The van der Waals surface area contributed by atoms with Crippen LogP contribution in [0.4, 0.5) is 0 Å². The average Bonchev–Trinajstić information content (AvgIpc) is 3.24. The number of carbonyl (C=O) groups excluding carboxylic acids is 3. The zero-order chi connectivity index (χ0) is 25.1. The topological polar surface area (TPSA) is 76.2 Å². The number of methoxy groups -OCH3 is 2. The minimum absolute atomic E-state index is 0.258. The molecule has 0 spiro atoms. The molecular weight excluding hydrogens is 444 g/mol. The van der Waals surface area contributed by atoms with E-state index in [0.717, 1.165) is 22.3 Å². The summed E-state index contributed by atoms with van der Waals surface area (Å²) in [4.78, 5) is 42.2. The number of esters is 2. The van der Waals surface area contributed by atoms with E-state index in [-0.39, 0.29) is 5.91 Å². The lowest BCUT2D eigenvalue weighted by Gasteiger charge is -2.42. The average molecular weight is 475 g/mol. The second kappa shape index (κ2) is 10.3. The number of nitrogens with zero attached hydrogens (tertiary/aromatic N) is 2. The molecule has 7 heteroatoms. The monoisotopic (exact) mass is 474 g/mol. The van der Waals surface area contributed by atoms with Gasteiger partial charge in [0.2, 0.25) is 5.91 Å². The Kier molecular flexibility index (Phi) is 7.17. The Morgan fingerprint density at radius 2 is 1.74 bits per heavy atom. The van der Waals surface area contributed by atoms with Gasteiger partial charge in [-0.15, -0.1) is 0 Å². The van der Waals surface area contributed by atoms with Gasteiger partial charge in [-0.3, -0.25) is 4.79 Å².